The minimum absolute atomic E-state index is 0.000744. The number of carbonyl (C=O) groups excluding carboxylic acids is 2. The summed E-state index contributed by atoms with van der Waals surface area (Å²) in [7, 11) is 0. The second-order valence-corrected chi connectivity index (χ2v) is 7.17. The Morgan fingerprint density at radius 3 is 2.54 bits per heavy atom. The molecule has 1 N–H and O–H groups in total. The minimum atomic E-state index is -0.137. The van der Waals surface area contributed by atoms with E-state index >= 15 is 0 Å². The molecule has 26 heavy (non-hydrogen) atoms. The number of fused-ring (bicyclic) bond motifs is 4. The summed E-state index contributed by atoms with van der Waals surface area (Å²) in [5.74, 6) is 0.380. The molecule has 2 amide bonds. The van der Waals surface area contributed by atoms with Gasteiger partial charge >= 0.3 is 0 Å². The average Bonchev–Trinajstić information content (AvgIpc) is 2.62. The van der Waals surface area contributed by atoms with Gasteiger partial charge in [-0.1, -0.05) is 6.07 Å². The fourth-order valence-electron chi connectivity index (χ4n) is 4.14. The van der Waals surface area contributed by atoms with Gasteiger partial charge in [-0.2, -0.15) is 0 Å². The highest BCUT2D eigenvalue weighted by Crippen LogP contribution is 2.35. The van der Waals surface area contributed by atoms with Crippen molar-refractivity contribution >= 4 is 17.5 Å². The van der Waals surface area contributed by atoms with Crippen LogP contribution in [0, 0.1) is 5.92 Å². The molecule has 0 radical (unpaired) electrons. The smallest absolute Gasteiger partial charge is 0.253 e. The Morgan fingerprint density at radius 1 is 1.04 bits per heavy atom. The lowest BCUT2D eigenvalue weighted by atomic mass is 9.83. The van der Waals surface area contributed by atoms with E-state index in [1.807, 2.05) is 15.5 Å². The minimum Gasteiger partial charge on any atom is -0.338 e. The molecule has 0 spiro atoms. The Balaban J connectivity index is 1.54. The van der Waals surface area contributed by atoms with E-state index in [2.05, 4.69) is 5.32 Å². The molecule has 0 aliphatic carbocycles. The monoisotopic (exact) mass is 351 g/mol. The molecule has 6 nitrogen and oxygen atoms in total. The topological polar surface area (TPSA) is 71.4 Å². The first-order valence-corrected chi connectivity index (χ1v) is 8.88. The number of hydrogen-bond donors (Lipinski definition) is 1. The van der Waals surface area contributed by atoms with Gasteiger partial charge in [0.1, 0.15) is 0 Å². The van der Waals surface area contributed by atoms with Crippen molar-refractivity contribution in [2.75, 3.05) is 18.4 Å². The first-order valence-electron chi connectivity index (χ1n) is 8.88. The Kier molecular flexibility index (Phi) is 4.11. The molecule has 2 unspecified atom stereocenters. The van der Waals surface area contributed by atoms with Gasteiger partial charge in [-0.3, -0.25) is 14.4 Å². The van der Waals surface area contributed by atoms with Crippen LogP contribution in [0.25, 0.3) is 0 Å². The Morgan fingerprint density at radius 2 is 1.81 bits per heavy atom. The van der Waals surface area contributed by atoms with Crippen molar-refractivity contribution in [1.29, 1.82) is 0 Å². The predicted molar refractivity (Wildman–Crippen MR) is 98.2 cm³/mol. The zero-order chi connectivity index (χ0) is 18.3. The maximum atomic E-state index is 12.9. The zero-order valence-corrected chi connectivity index (χ0v) is 14.6. The lowest BCUT2D eigenvalue weighted by molar-refractivity contribution is -0.114. The first kappa shape index (κ1) is 16.6. The molecule has 1 saturated heterocycles. The van der Waals surface area contributed by atoms with Crippen LogP contribution in [0.4, 0.5) is 5.69 Å². The third kappa shape index (κ3) is 3.03. The molecule has 2 atom stereocenters. The number of amides is 2. The van der Waals surface area contributed by atoms with Crippen LogP contribution in [0.3, 0.4) is 0 Å². The summed E-state index contributed by atoms with van der Waals surface area (Å²) in [5.41, 5.74) is 2.38. The summed E-state index contributed by atoms with van der Waals surface area (Å²) in [6.45, 7) is 3.43. The number of benzene rings is 1. The molecule has 2 aromatic rings. The van der Waals surface area contributed by atoms with Crippen LogP contribution < -0.4 is 10.9 Å². The Labute approximate surface area is 151 Å². The van der Waals surface area contributed by atoms with Gasteiger partial charge in [-0.15, -0.1) is 0 Å². The summed E-state index contributed by atoms with van der Waals surface area (Å²) in [5, 5.41) is 2.70. The highest BCUT2D eigenvalue weighted by Gasteiger charge is 2.36. The van der Waals surface area contributed by atoms with Crippen LogP contribution in [-0.2, 0) is 11.3 Å². The van der Waals surface area contributed by atoms with Gasteiger partial charge in [-0.05, 0) is 42.7 Å². The highest BCUT2D eigenvalue weighted by molar-refractivity contribution is 5.95. The molecular formula is C20H21N3O3. The molecule has 0 saturated carbocycles. The van der Waals surface area contributed by atoms with Crippen molar-refractivity contribution in [1.82, 2.24) is 9.47 Å². The normalized spacial score (nSPS) is 21.0. The van der Waals surface area contributed by atoms with Crippen molar-refractivity contribution < 1.29 is 9.59 Å². The number of hydrogen-bond acceptors (Lipinski definition) is 3. The van der Waals surface area contributed by atoms with E-state index in [1.54, 1.807) is 36.4 Å². The number of nitrogens with one attached hydrogen (secondary N) is 1. The molecule has 134 valence electrons. The number of likely N-dealkylation sites (tertiary alicyclic amines) is 1. The molecule has 2 aliphatic rings. The number of pyridine rings is 1. The number of carbonyl (C=O) groups is 2. The molecule has 6 heteroatoms. The molecule has 2 aliphatic heterocycles. The van der Waals surface area contributed by atoms with Gasteiger partial charge < -0.3 is 14.8 Å². The summed E-state index contributed by atoms with van der Waals surface area (Å²) < 4.78 is 1.86. The van der Waals surface area contributed by atoms with E-state index in [4.69, 9.17) is 0 Å². The number of anilines is 1. The van der Waals surface area contributed by atoms with Crippen LogP contribution in [-0.4, -0.2) is 34.4 Å². The average molecular weight is 351 g/mol. The predicted octanol–water partition coefficient (Wildman–Crippen LogP) is 2.07. The van der Waals surface area contributed by atoms with Crippen molar-refractivity contribution in [2.45, 2.75) is 25.8 Å². The molecule has 3 heterocycles. The molecule has 2 bridgehead atoms. The number of rotatable bonds is 2. The van der Waals surface area contributed by atoms with E-state index in [0.717, 1.165) is 12.1 Å². The maximum Gasteiger partial charge on any atom is 0.253 e. The fourth-order valence-corrected chi connectivity index (χ4v) is 4.14. The number of nitrogens with zero attached hydrogens (tertiary/aromatic N) is 2. The van der Waals surface area contributed by atoms with E-state index < -0.39 is 0 Å². The first-order chi connectivity index (χ1) is 12.5. The van der Waals surface area contributed by atoms with Crippen LogP contribution in [0.1, 0.15) is 35.3 Å². The van der Waals surface area contributed by atoms with Crippen molar-refractivity contribution in [3.8, 4) is 0 Å². The molecular weight excluding hydrogens is 330 g/mol. The van der Waals surface area contributed by atoms with Gasteiger partial charge in [-0.25, -0.2) is 0 Å². The highest BCUT2D eigenvalue weighted by atomic mass is 16.2. The molecule has 1 fully saturated rings. The molecule has 1 aromatic heterocycles. The Bertz CT molecular complexity index is 917. The van der Waals surface area contributed by atoms with Crippen molar-refractivity contribution in [3.05, 3.63) is 64.1 Å². The van der Waals surface area contributed by atoms with Crippen LogP contribution in [0.2, 0.25) is 0 Å². The van der Waals surface area contributed by atoms with Gasteiger partial charge in [0.25, 0.3) is 11.5 Å². The van der Waals surface area contributed by atoms with Crippen molar-refractivity contribution in [2.24, 2.45) is 5.92 Å². The van der Waals surface area contributed by atoms with Crippen molar-refractivity contribution in [3.63, 3.8) is 0 Å². The van der Waals surface area contributed by atoms with Gasteiger partial charge in [0, 0.05) is 55.5 Å². The summed E-state index contributed by atoms with van der Waals surface area (Å²) in [6.07, 6.45) is 1.02. The van der Waals surface area contributed by atoms with E-state index in [0.29, 0.717) is 36.8 Å². The van der Waals surface area contributed by atoms with E-state index in [1.165, 1.54) is 6.92 Å². The zero-order valence-electron chi connectivity index (χ0n) is 14.6. The van der Waals surface area contributed by atoms with E-state index in [9.17, 15) is 14.4 Å². The molecule has 4 rings (SSSR count). The summed E-state index contributed by atoms with van der Waals surface area (Å²) in [4.78, 5) is 38.0. The molecule has 1 aromatic carbocycles. The number of aromatic nitrogens is 1. The summed E-state index contributed by atoms with van der Waals surface area (Å²) >= 11 is 0. The quantitative estimate of drug-likeness (QED) is 0.900. The summed E-state index contributed by atoms with van der Waals surface area (Å²) in [6, 6.07) is 12.4. The largest absolute Gasteiger partial charge is 0.338 e. The lowest BCUT2D eigenvalue weighted by Gasteiger charge is -2.42. The van der Waals surface area contributed by atoms with Crippen LogP contribution in [0.5, 0.6) is 0 Å². The van der Waals surface area contributed by atoms with Gasteiger partial charge in [0.2, 0.25) is 5.91 Å². The number of piperidine rings is 1. The van der Waals surface area contributed by atoms with Crippen LogP contribution in [0.15, 0.2) is 47.3 Å². The third-order valence-corrected chi connectivity index (χ3v) is 5.22. The van der Waals surface area contributed by atoms with Gasteiger partial charge in [0.15, 0.2) is 0 Å². The van der Waals surface area contributed by atoms with Gasteiger partial charge in [0.05, 0.1) is 0 Å². The van der Waals surface area contributed by atoms with E-state index in [-0.39, 0.29) is 23.3 Å². The maximum absolute atomic E-state index is 12.9. The Hall–Kier alpha value is -2.89. The lowest BCUT2D eigenvalue weighted by Crippen LogP contribution is -2.49. The SMILES string of the molecule is CC(=O)Nc1ccc(C(=O)N2CC3CC(C2)c2cccc(=O)n2C3)cc1. The van der Waals surface area contributed by atoms with Crippen LogP contribution >= 0.6 is 0 Å². The standard InChI is InChI=1S/C20H21N3O3/c1-13(24)21-17-7-5-15(6-8-17)20(26)22-10-14-9-16(12-22)18-3-2-4-19(25)23(18)11-14/h2-8,14,16H,9-12H2,1H3,(H,21,24). The second kappa shape index (κ2) is 6.44. The third-order valence-electron chi connectivity index (χ3n) is 5.22. The second-order valence-electron chi connectivity index (χ2n) is 7.17. The fraction of sp³-hybridized carbons (Fsp3) is 0.350.